The van der Waals surface area contributed by atoms with Crippen LogP contribution in [0.3, 0.4) is 0 Å². The summed E-state index contributed by atoms with van der Waals surface area (Å²) in [4.78, 5) is 13.4. The van der Waals surface area contributed by atoms with Crippen molar-refractivity contribution in [3.63, 3.8) is 0 Å². The van der Waals surface area contributed by atoms with Crippen LogP contribution in [0.5, 0.6) is 0 Å². The normalized spacial score (nSPS) is 14.7. The van der Waals surface area contributed by atoms with Crippen molar-refractivity contribution in [3.05, 3.63) is 101 Å². The fourth-order valence-corrected chi connectivity index (χ4v) is 5.31. The number of sulfonamides is 1. The maximum atomic E-state index is 13.2. The topological polar surface area (TPSA) is 107 Å². The minimum atomic E-state index is -4.04. The summed E-state index contributed by atoms with van der Waals surface area (Å²) >= 11 is 1.06. The number of aryl methyl sites for hydroxylation is 1. The lowest BCUT2D eigenvalue weighted by molar-refractivity contribution is 0.104. The summed E-state index contributed by atoms with van der Waals surface area (Å²) in [5, 5.41) is 11.6. The molecular weight excluding hydrogens is 470 g/mol. The number of fused-ring (bicyclic) bond motifs is 1. The van der Waals surface area contributed by atoms with Crippen LogP contribution in [0.25, 0.3) is 11.1 Å². The van der Waals surface area contributed by atoms with Gasteiger partial charge in [0.1, 0.15) is 0 Å². The number of tetrazole rings is 1. The summed E-state index contributed by atoms with van der Waals surface area (Å²) in [6, 6.07) is 23.0. The van der Waals surface area contributed by atoms with Gasteiger partial charge in [0, 0.05) is 18.2 Å². The van der Waals surface area contributed by atoms with Gasteiger partial charge in [-0.3, -0.25) is 4.79 Å². The average molecular weight is 488 g/mol. The van der Waals surface area contributed by atoms with Crippen LogP contribution in [-0.4, -0.2) is 40.1 Å². The fraction of sp³-hybridized carbons (Fsp3) is 0.0417. The SMILES string of the molecule is Cn1nnnc1SC1=C/C(=N/S(=O)(=O)c2ccc(-c3ccccc3)cc2)c2ccccc2C1=O. The number of Topliss-reactive ketones (excluding diaryl/α,β-unsaturated/α-hetero) is 1. The molecule has 0 radical (unpaired) electrons. The van der Waals surface area contributed by atoms with Crippen LogP contribution >= 0.6 is 11.8 Å². The average Bonchev–Trinajstić information content (AvgIpc) is 3.27. The molecule has 0 bridgehead atoms. The monoisotopic (exact) mass is 487 g/mol. The lowest BCUT2D eigenvalue weighted by Gasteiger charge is -2.16. The number of aromatic nitrogens is 4. The Hall–Kier alpha value is -3.89. The molecule has 0 saturated heterocycles. The number of ketones is 1. The molecule has 34 heavy (non-hydrogen) atoms. The van der Waals surface area contributed by atoms with Gasteiger partial charge in [0.25, 0.3) is 10.0 Å². The van der Waals surface area contributed by atoms with E-state index in [1.807, 2.05) is 30.3 Å². The first-order valence-corrected chi connectivity index (χ1v) is 12.4. The van der Waals surface area contributed by atoms with E-state index < -0.39 is 10.0 Å². The van der Waals surface area contributed by atoms with E-state index in [2.05, 4.69) is 19.9 Å². The minimum absolute atomic E-state index is 0.0640. The Morgan fingerprint density at radius 3 is 2.18 bits per heavy atom. The van der Waals surface area contributed by atoms with Crippen molar-refractivity contribution in [1.29, 1.82) is 0 Å². The van der Waals surface area contributed by atoms with Crippen molar-refractivity contribution in [3.8, 4) is 11.1 Å². The Labute approximate surface area is 200 Å². The molecule has 10 heteroatoms. The number of carbonyl (C=O) groups excluding carboxylic acids is 1. The zero-order chi connectivity index (χ0) is 23.7. The molecule has 0 aliphatic heterocycles. The molecule has 5 rings (SSSR count). The third-order valence-electron chi connectivity index (χ3n) is 5.20. The third kappa shape index (κ3) is 4.20. The van der Waals surface area contributed by atoms with Crippen molar-refractivity contribution in [2.24, 2.45) is 11.4 Å². The quantitative estimate of drug-likeness (QED) is 0.420. The molecule has 4 aromatic rings. The number of carbonyl (C=O) groups is 1. The van der Waals surface area contributed by atoms with Gasteiger partial charge in [-0.05, 0) is 51.5 Å². The van der Waals surface area contributed by atoms with Crippen LogP contribution in [-0.2, 0) is 17.1 Å². The van der Waals surface area contributed by atoms with E-state index in [1.165, 1.54) is 22.9 Å². The first kappa shape index (κ1) is 21.9. The van der Waals surface area contributed by atoms with Gasteiger partial charge in [0.05, 0.1) is 15.5 Å². The fourth-order valence-electron chi connectivity index (χ4n) is 3.49. The smallest absolute Gasteiger partial charge is 0.282 e. The second kappa shape index (κ2) is 8.81. The molecule has 1 heterocycles. The van der Waals surface area contributed by atoms with Crippen molar-refractivity contribution >= 4 is 33.3 Å². The molecule has 0 atom stereocenters. The molecule has 0 fully saturated rings. The number of hydrogen-bond acceptors (Lipinski definition) is 7. The number of rotatable bonds is 5. The van der Waals surface area contributed by atoms with Crippen LogP contribution in [0.4, 0.5) is 0 Å². The molecular formula is C24H17N5O3S2. The van der Waals surface area contributed by atoms with Gasteiger partial charge in [-0.2, -0.15) is 12.8 Å². The van der Waals surface area contributed by atoms with Gasteiger partial charge in [-0.1, -0.05) is 66.7 Å². The summed E-state index contributed by atoms with van der Waals surface area (Å²) in [5.74, 6) is -0.243. The molecule has 168 valence electrons. The maximum absolute atomic E-state index is 13.2. The van der Waals surface area contributed by atoms with Crippen LogP contribution in [0.15, 0.2) is 104 Å². The molecule has 0 N–H and O–H groups in total. The number of hydrogen-bond donors (Lipinski definition) is 0. The number of nitrogens with zero attached hydrogens (tertiary/aromatic N) is 5. The highest BCUT2D eigenvalue weighted by Crippen LogP contribution is 2.33. The molecule has 0 spiro atoms. The Morgan fingerprint density at radius 1 is 0.853 bits per heavy atom. The Morgan fingerprint density at radius 2 is 1.50 bits per heavy atom. The zero-order valence-electron chi connectivity index (χ0n) is 17.9. The van der Waals surface area contributed by atoms with Crippen molar-refractivity contribution < 1.29 is 13.2 Å². The second-order valence-corrected chi connectivity index (χ2v) is 10.0. The van der Waals surface area contributed by atoms with E-state index in [9.17, 15) is 13.2 Å². The van der Waals surface area contributed by atoms with Crippen molar-refractivity contribution in [2.45, 2.75) is 10.1 Å². The van der Waals surface area contributed by atoms with E-state index in [-0.39, 0.29) is 21.3 Å². The van der Waals surface area contributed by atoms with Crippen LogP contribution < -0.4 is 0 Å². The first-order valence-electron chi connectivity index (χ1n) is 10.2. The predicted molar refractivity (Wildman–Crippen MR) is 129 cm³/mol. The van der Waals surface area contributed by atoms with Gasteiger partial charge in [0.15, 0.2) is 0 Å². The summed E-state index contributed by atoms with van der Waals surface area (Å²) in [7, 11) is -2.38. The first-order chi connectivity index (χ1) is 16.4. The van der Waals surface area contributed by atoms with E-state index in [0.29, 0.717) is 16.3 Å². The maximum Gasteiger partial charge on any atom is 0.282 e. The van der Waals surface area contributed by atoms with Gasteiger partial charge >= 0.3 is 0 Å². The largest absolute Gasteiger partial charge is 0.288 e. The lowest BCUT2D eigenvalue weighted by Crippen LogP contribution is -2.17. The van der Waals surface area contributed by atoms with E-state index in [4.69, 9.17) is 0 Å². The van der Waals surface area contributed by atoms with E-state index >= 15 is 0 Å². The second-order valence-electron chi connectivity index (χ2n) is 7.41. The Balaban J connectivity index is 1.54. The Bertz CT molecular complexity index is 1560. The number of thioether (sulfide) groups is 1. The Kier molecular flexibility index (Phi) is 5.68. The number of benzene rings is 3. The van der Waals surface area contributed by atoms with Crippen LogP contribution in [0.2, 0.25) is 0 Å². The van der Waals surface area contributed by atoms with E-state index in [0.717, 1.165) is 22.9 Å². The molecule has 0 amide bonds. The standard InChI is InChI=1S/C24H17N5O3S2/c1-29-24(25-27-28-29)33-22-15-21(19-9-5-6-10-20(19)23(22)30)26-34(31,32)18-13-11-17(12-14-18)16-7-3-2-4-8-16/h2-15H,1H3/b26-21-. The minimum Gasteiger partial charge on any atom is -0.288 e. The number of allylic oxidation sites excluding steroid dienone is 2. The zero-order valence-corrected chi connectivity index (χ0v) is 19.5. The van der Waals surface area contributed by atoms with Crippen molar-refractivity contribution in [2.75, 3.05) is 0 Å². The third-order valence-corrected chi connectivity index (χ3v) is 7.56. The predicted octanol–water partition coefficient (Wildman–Crippen LogP) is 3.93. The molecule has 1 aromatic heterocycles. The highest BCUT2D eigenvalue weighted by Gasteiger charge is 2.27. The molecule has 0 unspecified atom stereocenters. The van der Waals surface area contributed by atoms with Crippen LogP contribution in [0.1, 0.15) is 15.9 Å². The molecule has 1 aliphatic carbocycles. The summed E-state index contributed by atoms with van der Waals surface area (Å²) in [5.41, 5.74) is 2.89. The highest BCUT2D eigenvalue weighted by atomic mass is 32.2. The summed E-state index contributed by atoms with van der Waals surface area (Å²) < 4.78 is 31.9. The highest BCUT2D eigenvalue weighted by molar-refractivity contribution is 8.04. The van der Waals surface area contributed by atoms with Gasteiger partial charge in [-0.15, -0.1) is 5.10 Å². The van der Waals surface area contributed by atoms with Crippen molar-refractivity contribution in [1.82, 2.24) is 20.2 Å². The lowest BCUT2D eigenvalue weighted by atomic mass is 9.94. The van der Waals surface area contributed by atoms with Crippen LogP contribution in [0, 0.1) is 0 Å². The van der Waals surface area contributed by atoms with Gasteiger partial charge in [-0.25, -0.2) is 4.68 Å². The molecule has 1 aliphatic rings. The summed E-state index contributed by atoms with van der Waals surface area (Å²) in [6.07, 6.45) is 1.47. The molecule has 0 saturated carbocycles. The van der Waals surface area contributed by atoms with Gasteiger partial charge in [0.2, 0.25) is 10.9 Å². The van der Waals surface area contributed by atoms with E-state index in [1.54, 1.807) is 43.4 Å². The molecule has 8 nitrogen and oxygen atoms in total. The molecule has 3 aromatic carbocycles. The van der Waals surface area contributed by atoms with Gasteiger partial charge < -0.3 is 0 Å². The summed E-state index contributed by atoms with van der Waals surface area (Å²) in [6.45, 7) is 0.